The molecule has 6 N–H and O–H groups in total. The maximum absolute atomic E-state index is 12.7. The van der Waals surface area contributed by atoms with Crippen LogP contribution in [0.5, 0.6) is 0 Å². The van der Waals surface area contributed by atoms with E-state index in [0.29, 0.717) is 12.8 Å². The molecule has 1 saturated heterocycles. The summed E-state index contributed by atoms with van der Waals surface area (Å²) in [5.74, 6) is -2.54. The van der Waals surface area contributed by atoms with Gasteiger partial charge in [0.1, 0.15) is 53.9 Å². The van der Waals surface area contributed by atoms with Gasteiger partial charge in [-0.3, -0.25) is 4.79 Å². The maximum Gasteiger partial charge on any atom is 0.316 e. The number of ether oxygens (including phenoxy) is 2. The molecule has 1 aliphatic heterocycles. The number of carbonyl (C=O) groups excluding carboxylic acids is 1. The molecule has 27 heavy (non-hydrogen) atoms. The Kier molecular flexibility index (Phi) is 7.01. The van der Waals surface area contributed by atoms with E-state index in [1.54, 1.807) is 0 Å². The standard InChI is InChI=1S/C18H28O9/c1-3-10(4-2)26-17(24)11-7-9(20)5-6-18(11,25)16-15(23)14(22)13(21)12(8-19)27-16/h5-7,10-16,19-23,25H,3-4,8H2,1-2H3/t11?,12-,13-,14+,15-,16-,18?/m1/s1. The Labute approximate surface area is 157 Å². The van der Waals surface area contributed by atoms with E-state index in [1.807, 2.05) is 13.8 Å². The predicted molar refractivity (Wildman–Crippen MR) is 92.5 cm³/mol. The second-order valence-electron chi connectivity index (χ2n) is 6.91. The molecule has 7 atom stereocenters. The van der Waals surface area contributed by atoms with E-state index >= 15 is 0 Å². The van der Waals surface area contributed by atoms with Crippen LogP contribution in [0.2, 0.25) is 0 Å². The van der Waals surface area contributed by atoms with Crippen LogP contribution in [0.1, 0.15) is 26.7 Å². The van der Waals surface area contributed by atoms with E-state index in [1.165, 1.54) is 0 Å². The van der Waals surface area contributed by atoms with Gasteiger partial charge < -0.3 is 40.1 Å². The van der Waals surface area contributed by atoms with E-state index < -0.39 is 60.7 Å². The average molecular weight is 388 g/mol. The van der Waals surface area contributed by atoms with Crippen LogP contribution in [0.25, 0.3) is 0 Å². The van der Waals surface area contributed by atoms with E-state index in [9.17, 15) is 35.4 Å². The summed E-state index contributed by atoms with van der Waals surface area (Å²) in [7, 11) is 0. The van der Waals surface area contributed by atoms with Crippen LogP contribution < -0.4 is 0 Å². The van der Waals surface area contributed by atoms with E-state index in [4.69, 9.17) is 9.47 Å². The SMILES string of the molecule is CCC(CC)OC(=O)C1C=C(O)C=CC1(O)[C@@H]1O[C@H](CO)[C@@H](O)[C@H](O)[C@H]1O. The van der Waals surface area contributed by atoms with E-state index in [2.05, 4.69) is 0 Å². The number of esters is 1. The van der Waals surface area contributed by atoms with Crippen LogP contribution >= 0.6 is 0 Å². The van der Waals surface area contributed by atoms with Crippen molar-refractivity contribution < 1.29 is 44.9 Å². The van der Waals surface area contributed by atoms with Crippen molar-refractivity contribution >= 4 is 5.97 Å². The fraction of sp³-hybridized carbons (Fsp3) is 0.722. The van der Waals surface area contributed by atoms with Crippen LogP contribution in [0.4, 0.5) is 0 Å². The smallest absolute Gasteiger partial charge is 0.316 e. The van der Waals surface area contributed by atoms with Crippen LogP contribution in [0.3, 0.4) is 0 Å². The summed E-state index contributed by atoms with van der Waals surface area (Å²) in [6.07, 6.45) is -3.88. The first-order valence-corrected chi connectivity index (χ1v) is 9.02. The van der Waals surface area contributed by atoms with Gasteiger partial charge in [-0.05, 0) is 31.1 Å². The topological polar surface area (TPSA) is 157 Å². The Balaban J connectivity index is 2.35. The van der Waals surface area contributed by atoms with Gasteiger partial charge in [-0.2, -0.15) is 0 Å². The minimum Gasteiger partial charge on any atom is -0.508 e. The molecule has 1 aliphatic carbocycles. The van der Waals surface area contributed by atoms with Crippen molar-refractivity contribution in [2.45, 2.75) is 68.9 Å². The van der Waals surface area contributed by atoms with Gasteiger partial charge in [-0.1, -0.05) is 13.8 Å². The van der Waals surface area contributed by atoms with Crippen molar-refractivity contribution in [2.75, 3.05) is 6.61 Å². The van der Waals surface area contributed by atoms with Crippen LogP contribution in [-0.2, 0) is 14.3 Å². The molecule has 1 heterocycles. The number of rotatable bonds is 6. The third-order valence-electron chi connectivity index (χ3n) is 5.15. The van der Waals surface area contributed by atoms with Gasteiger partial charge in [-0.25, -0.2) is 0 Å². The Bertz CT molecular complexity index is 583. The molecule has 0 aromatic carbocycles. The average Bonchev–Trinajstić information content (AvgIpc) is 2.66. The Hall–Kier alpha value is -1.49. The van der Waals surface area contributed by atoms with Gasteiger partial charge in [0.2, 0.25) is 0 Å². The summed E-state index contributed by atoms with van der Waals surface area (Å²) < 4.78 is 10.8. The quantitative estimate of drug-likeness (QED) is 0.311. The predicted octanol–water partition coefficient (Wildman–Crippen LogP) is -1.08. The molecule has 9 nitrogen and oxygen atoms in total. The Morgan fingerprint density at radius 3 is 2.41 bits per heavy atom. The molecule has 9 heteroatoms. The van der Waals surface area contributed by atoms with Gasteiger partial charge in [0.15, 0.2) is 0 Å². The lowest BCUT2D eigenvalue weighted by Crippen LogP contribution is -2.67. The van der Waals surface area contributed by atoms with Crippen molar-refractivity contribution in [3.8, 4) is 0 Å². The molecule has 2 aliphatic rings. The molecule has 0 bridgehead atoms. The molecule has 0 radical (unpaired) electrons. The first-order valence-electron chi connectivity index (χ1n) is 9.02. The van der Waals surface area contributed by atoms with Crippen molar-refractivity contribution in [3.05, 3.63) is 24.0 Å². The molecule has 0 spiro atoms. The first-order chi connectivity index (χ1) is 12.7. The van der Waals surface area contributed by atoms with E-state index in [0.717, 1.165) is 18.2 Å². The van der Waals surface area contributed by atoms with Crippen LogP contribution in [0.15, 0.2) is 24.0 Å². The summed E-state index contributed by atoms with van der Waals surface area (Å²) in [4.78, 5) is 12.7. The lowest BCUT2D eigenvalue weighted by Gasteiger charge is -2.48. The number of carbonyl (C=O) groups is 1. The third kappa shape index (κ3) is 4.18. The molecule has 0 aromatic heterocycles. The zero-order chi connectivity index (χ0) is 20.4. The maximum atomic E-state index is 12.7. The highest BCUT2D eigenvalue weighted by atomic mass is 16.6. The molecule has 0 amide bonds. The molecule has 1 fully saturated rings. The minimum atomic E-state index is -2.18. The monoisotopic (exact) mass is 388 g/mol. The van der Waals surface area contributed by atoms with E-state index in [-0.39, 0.29) is 5.76 Å². The lowest BCUT2D eigenvalue weighted by molar-refractivity contribution is -0.267. The Morgan fingerprint density at radius 1 is 1.22 bits per heavy atom. The van der Waals surface area contributed by atoms with Crippen molar-refractivity contribution in [1.82, 2.24) is 0 Å². The van der Waals surface area contributed by atoms with Crippen LogP contribution in [-0.4, -0.2) is 85.4 Å². The van der Waals surface area contributed by atoms with Crippen molar-refractivity contribution in [1.29, 1.82) is 0 Å². The molecular formula is C18H28O9. The molecule has 2 rings (SSSR count). The second-order valence-corrected chi connectivity index (χ2v) is 6.91. The largest absolute Gasteiger partial charge is 0.508 e. The lowest BCUT2D eigenvalue weighted by atomic mass is 9.74. The Morgan fingerprint density at radius 2 is 1.85 bits per heavy atom. The number of allylic oxidation sites excluding steroid dienone is 1. The molecule has 0 aromatic rings. The van der Waals surface area contributed by atoms with Crippen LogP contribution in [0, 0.1) is 5.92 Å². The number of hydrogen-bond donors (Lipinski definition) is 6. The van der Waals surface area contributed by atoms with Crippen molar-refractivity contribution in [2.24, 2.45) is 5.92 Å². The summed E-state index contributed by atoms with van der Waals surface area (Å²) in [5.41, 5.74) is -2.18. The zero-order valence-electron chi connectivity index (χ0n) is 15.3. The van der Waals surface area contributed by atoms with Crippen molar-refractivity contribution in [3.63, 3.8) is 0 Å². The molecule has 0 saturated carbocycles. The number of aliphatic hydroxyl groups is 6. The minimum absolute atomic E-state index is 0.282. The highest BCUT2D eigenvalue weighted by Gasteiger charge is 2.56. The first kappa shape index (κ1) is 21.8. The number of aliphatic hydroxyl groups excluding tert-OH is 5. The van der Waals surface area contributed by atoms with Gasteiger partial charge in [0.25, 0.3) is 0 Å². The highest BCUT2D eigenvalue weighted by Crippen LogP contribution is 2.38. The molecular weight excluding hydrogens is 360 g/mol. The fourth-order valence-electron chi connectivity index (χ4n) is 3.39. The normalized spacial score (nSPS) is 39.3. The second kappa shape index (κ2) is 8.68. The third-order valence-corrected chi connectivity index (χ3v) is 5.15. The van der Waals surface area contributed by atoms with Gasteiger partial charge in [0.05, 0.1) is 6.61 Å². The number of hydrogen-bond acceptors (Lipinski definition) is 9. The van der Waals surface area contributed by atoms with Gasteiger partial charge in [0, 0.05) is 0 Å². The van der Waals surface area contributed by atoms with Gasteiger partial charge in [-0.15, -0.1) is 0 Å². The zero-order valence-corrected chi connectivity index (χ0v) is 15.3. The highest BCUT2D eigenvalue weighted by molar-refractivity contribution is 5.78. The summed E-state index contributed by atoms with van der Waals surface area (Å²) in [6, 6.07) is 0. The molecule has 154 valence electrons. The molecule has 2 unspecified atom stereocenters. The summed E-state index contributed by atoms with van der Waals surface area (Å²) in [6.45, 7) is 2.99. The summed E-state index contributed by atoms with van der Waals surface area (Å²) in [5, 5.41) is 60.6. The van der Waals surface area contributed by atoms with Gasteiger partial charge >= 0.3 is 5.97 Å². The fourth-order valence-corrected chi connectivity index (χ4v) is 3.39. The summed E-state index contributed by atoms with van der Waals surface area (Å²) >= 11 is 0.